The van der Waals surface area contributed by atoms with Gasteiger partial charge in [-0.25, -0.2) is 0 Å². The maximum Gasteiger partial charge on any atom is 0.310 e. The summed E-state index contributed by atoms with van der Waals surface area (Å²) in [6, 6.07) is 8.55. The Hall–Kier alpha value is -1.35. The van der Waals surface area contributed by atoms with E-state index in [9.17, 15) is 4.79 Å². The lowest BCUT2D eigenvalue weighted by Crippen LogP contribution is -2.38. The van der Waals surface area contributed by atoms with Crippen LogP contribution in [0.4, 0.5) is 0 Å². The summed E-state index contributed by atoms with van der Waals surface area (Å²) in [5, 5.41) is 12.5. The van der Waals surface area contributed by atoms with E-state index >= 15 is 0 Å². The Kier molecular flexibility index (Phi) is 3.68. The Bertz CT molecular complexity index is 458. The van der Waals surface area contributed by atoms with Crippen molar-refractivity contribution in [3.63, 3.8) is 0 Å². The summed E-state index contributed by atoms with van der Waals surface area (Å²) in [6.07, 6.45) is 1.61. The first-order valence-electron chi connectivity index (χ1n) is 6.87. The molecular weight excluding hydrogens is 238 g/mol. The van der Waals surface area contributed by atoms with Gasteiger partial charge in [0.25, 0.3) is 0 Å². The molecule has 1 aromatic rings. The molecule has 0 aromatic heterocycles. The molecule has 0 amide bonds. The van der Waals surface area contributed by atoms with E-state index in [1.165, 1.54) is 11.1 Å². The van der Waals surface area contributed by atoms with Crippen LogP contribution in [-0.4, -0.2) is 24.2 Å². The lowest BCUT2D eigenvalue weighted by atomic mass is 9.84. The molecule has 0 atom stereocenters. The molecule has 1 aliphatic carbocycles. The second-order valence-electron chi connectivity index (χ2n) is 6.44. The Morgan fingerprint density at radius 3 is 2.37 bits per heavy atom. The van der Waals surface area contributed by atoms with Crippen LogP contribution in [-0.2, 0) is 10.2 Å². The predicted octanol–water partition coefficient (Wildman–Crippen LogP) is 2.73. The molecule has 0 heterocycles. The number of aliphatic carboxylic acids is 1. The molecule has 104 valence electrons. The number of carboxylic acids is 1. The van der Waals surface area contributed by atoms with Crippen LogP contribution in [0.2, 0.25) is 0 Å². The quantitative estimate of drug-likeness (QED) is 0.828. The Morgan fingerprint density at radius 2 is 1.89 bits per heavy atom. The largest absolute Gasteiger partial charge is 0.481 e. The molecule has 0 unspecified atom stereocenters. The zero-order valence-corrected chi connectivity index (χ0v) is 12.0. The summed E-state index contributed by atoms with van der Waals surface area (Å²) >= 11 is 0. The van der Waals surface area contributed by atoms with Gasteiger partial charge in [-0.15, -0.1) is 0 Å². The molecule has 0 aliphatic heterocycles. The summed E-state index contributed by atoms with van der Waals surface area (Å²) < 4.78 is 0. The average molecular weight is 261 g/mol. The fraction of sp³-hybridized carbons (Fsp3) is 0.562. The van der Waals surface area contributed by atoms with Gasteiger partial charge in [0.15, 0.2) is 0 Å². The van der Waals surface area contributed by atoms with Crippen molar-refractivity contribution in [1.29, 1.82) is 0 Å². The highest BCUT2D eigenvalue weighted by Crippen LogP contribution is 2.45. The zero-order chi connectivity index (χ0) is 14.1. The van der Waals surface area contributed by atoms with Crippen molar-refractivity contribution in [3.05, 3.63) is 35.4 Å². The summed E-state index contributed by atoms with van der Waals surface area (Å²) in [5.74, 6) is -0.659. The van der Waals surface area contributed by atoms with Gasteiger partial charge in [0.1, 0.15) is 0 Å². The monoisotopic (exact) mass is 261 g/mol. The van der Waals surface area contributed by atoms with E-state index in [2.05, 4.69) is 50.4 Å². The third-order valence-corrected chi connectivity index (χ3v) is 4.17. The highest BCUT2D eigenvalue weighted by Gasteiger charge is 2.49. The molecule has 0 saturated heterocycles. The second-order valence-corrected chi connectivity index (χ2v) is 6.44. The Morgan fingerprint density at radius 1 is 1.32 bits per heavy atom. The first-order valence-corrected chi connectivity index (χ1v) is 6.87. The third kappa shape index (κ3) is 3.16. The Labute approximate surface area is 115 Å². The highest BCUT2D eigenvalue weighted by atomic mass is 16.4. The van der Waals surface area contributed by atoms with Gasteiger partial charge in [-0.1, -0.05) is 43.7 Å². The van der Waals surface area contributed by atoms with Crippen LogP contribution in [0.5, 0.6) is 0 Å². The van der Waals surface area contributed by atoms with Crippen molar-refractivity contribution < 1.29 is 9.90 Å². The van der Waals surface area contributed by atoms with Crippen molar-refractivity contribution in [2.75, 3.05) is 13.1 Å². The van der Waals surface area contributed by atoms with E-state index in [0.29, 0.717) is 6.54 Å². The minimum Gasteiger partial charge on any atom is -0.481 e. The summed E-state index contributed by atoms with van der Waals surface area (Å²) in [6.45, 7) is 7.83. The van der Waals surface area contributed by atoms with E-state index in [4.69, 9.17) is 5.11 Å². The summed E-state index contributed by atoms with van der Waals surface area (Å²) in [7, 11) is 0. The molecule has 2 N–H and O–H groups in total. The van der Waals surface area contributed by atoms with Gasteiger partial charge in [-0.3, -0.25) is 4.79 Å². The number of rotatable bonds is 6. The second kappa shape index (κ2) is 4.97. The molecule has 19 heavy (non-hydrogen) atoms. The first-order chi connectivity index (χ1) is 8.86. The van der Waals surface area contributed by atoms with Crippen LogP contribution in [0.3, 0.4) is 0 Å². The van der Waals surface area contributed by atoms with Crippen molar-refractivity contribution in [3.8, 4) is 0 Å². The number of hydrogen-bond donors (Lipinski definition) is 2. The molecular formula is C16H23NO2. The molecule has 2 rings (SSSR count). The van der Waals surface area contributed by atoms with Crippen molar-refractivity contribution >= 4 is 5.97 Å². The summed E-state index contributed by atoms with van der Waals surface area (Å²) in [4.78, 5) is 11.1. The van der Waals surface area contributed by atoms with E-state index < -0.39 is 11.4 Å². The predicted molar refractivity (Wildman–Crippen MR) is 76.4 cm³/mol. The van der Waals surface area contributed by atoms with Crippen molar-refractivity contribution in [2.45, 2.75) is 39.0 Å². The highest BCUT2D eigenvalue weighted by molar-refractivity contribution is 5.78. The van der Waals surface area contributed by atoms with Gasteiger partial charge in [0.2, 0.25) is 0 Å². The van der Waals surface area contributed by atoms with E-state index in [1.807, 2.05) is 0 Å². The number of carboxylic acid groups (broad SMARTS) is 1. The molecule has 1 fully saturated rings. The topological polar surface area (TPSA) is 49.3 Å². The maximum atomic E-state index is 11.1. The van der Waals surface area contributed by atoms with Gasteiger partial charge in [0.05, 0.1) is 5.41 Å². The SMILES string of the molecule is Cc1ccc(C(C)(C)CNCC2(C(=O)O)CC2)cc1. The number of nitrogens with one attached hydrogen (secondary N) is 1. The van der Waals surface area contributed by atoms with Crippen LogP contribution in [0, 0.1) is 12.3 Å². The fourth-order valence-electron chi connectivity index (χ4n) is 2.34. The minimum absolute atomic E-state index is 0.0162. The first kappa shape index (κ1) is 14.1. The van der Waals surface area contributed by atoms with Gasteiger partial charge in [-0.2, -0.15) is 0 Å². The average Bonchev–Trinajstić information content (AvgIpc) is 3.10. The van der Waals surface area contributed by atoms with Crippen LogP contribution in [0.15, 0.2) is 24.3 Å². The number of benzene rings is 1. The smallest absolute Gasteiger partial charge is 0.310 e. The molecule has 0 radical (unpaired) electrons. The number of hydrogen-bond acceptors (Lipinski definition) is 2. The zero-order valence-electron chi connectivity index (χ0n) is 12.0. The molecule has 0 spiro atoms. The van der Waals surface area contributed by atoms with Gasteiger partial charge >= 0.3 is 5.97 Å². The van der Waals surface area contributed by atoms with Crippen LogP contribution < -0.4 is 5.32 Å². The van der Waals surface area contributed by atoms with Crippen molar-refractivity contribution in [2.24, 2.45) is 5.41 Å². The van der Waals surface area contributed by atoms with Gasteiger partial charge in [0, 0.05) is 18.5 Å². The minimum atomic E-state index is -0.659. The fourth-order valence-corrected chi connectivity index (χ4v) is 2.34. The third-order valence-electron chi connectivity index (χ3n) is 4.17. The van der Waals surface area contributed by atoms with Crippen LogP contribution >= 0.6 is 0 Å². The van der Waals surface area contributed by atoms with E-state index in [-0.39, 0.29) is 5.41 Å². The van der Waals surface area contributed by atoms with E-state index in [1.54, 1.807) is 0 Å². The summed E-state index contributed by atoms with van der Waals surface area (Å²) in [5.41, 5.74) is 2.08. The molecule has 1 aliphatic rings. The molecule has 3 nitrogen and oxygen atoms in total. The van der Waals surface area contributed by atoms with Gasteiger partial charge in [-0.05, 0) is 25.3 Å². The standard InChI is InChI=1S/C16H23NO2/c1-12-4-6-13(7-5-12)15(2,3)10-17-11-16(8-9-16)14(18)19/h4-7,17H,8-11H2,1-3H3,(H,18,19). The maximum absolute atomic E-state index is 11.1. The molecule has 3 heteroatoms. The number of aryl methyl sites for hydroxylation is 1. The normalized spacial score (nSPS) is 17.2. The Balaban J connectivity index is 1.91. The molecule has 1 aromatic carbocycles. The van der Waals surface area contributed by atoms with Crippen LogP contribution in [0.25, 0.3) is 0 Å². The lowest BCUT2D eigenvalue weighted by Gasteiger charge is -2.27. The number of carbonyl (C=O) groups is 1. The molecule has 0 bridgehead atoms. The lowest BCUT2D eigenvalue weighted by molar-refractivity contribution is -0.143. The van der Waals surface area contributed by atoms with Crippen LogP contribution in [0.1, 0.15) is 37.8 Å². The van der Waals surface area contributed by atoms with E-state index in [0.717, 1.165) is 19.4 Å². The molecule has 1 saturated carbocycles. The van der Waals surface area contributed by atoms with Crippen molar-refractivity contribution in [1.82, 2.24) is 5.32 Å². The van der Waals surface area contributed by atoms with Gasteiger partial charge < -0.3 is 10.4 Å².